The van der Waals surface area contributed by atoms with E-state index in [2.05, 4.69) is 6.08 Å². The molecule has 25 heavy (non-hydrogen) atoms. The van der Waals surface area contributed by atoms with Crippen LogP contribution in [-0.2, 0) is 19.1 Å². The zero-order chi connectivity index (χ0) is 18.1. The van der Waals surface area contributed by atoms with E-state index in [9.17, 15) is 9.59 Å². The minimum Gasteiger partial charge on any atom is -0.468 e. The molecule has 1 saturated heterocycles. The van der Waals surface area contributed by atoms with Gasteiger partial charge in [0.2, 0.25) is 0 Å². The van der Waals surface area contributed by atoms with Crippen LogP contribution in [0.3, 0.4) is 0 Å². The number of hydrogen-bond acceptors (Lipinski definition) is 5. The molecule has 0 aliphatic carbocycles. The van der Waals surface area contributed by atoms with Gasteiger partial charge < -0.3 is 9.47 Å². The molecule has 0 N–H and O–H groups in total. The van der Waals surface area contributed by atoms with Crippen molar-refractivity contribution in [2.45, 2.75) is 44.7 Å². The smallest absolute Gasteiger partial charge is 0.323 e. The predicted molar refractivity (Wildman–Crippen MR) is 96.9 cm³/mol. The first-order chi connectivity index (χ1) is 12.2. The third-order valence-electron chi connectivity index (χ3n) is 4.44. The standard InChI is InChI=1S/C20H27NO4/c1-3-25-20(23)18(21-15-9-14-17(21)19(22)24-2)13-8-7-12-16-10-5-4-6-11-16/h4-7,10-12,17-18H,3,8-9,13-15H2,1-2H3/b12-7+/t17-,18-/m1/s1. The highest BCUT2D eigenvalue weighted by Gasteiger charge is 2.39. The van der Waals surface area contributed by atoms with E-state index in [0.29, 0.717) is 19.6 Å². The van der Waals surface area contributed by atoms with Crippen molar-refractivity contribution in [2.75, 3.05) is 20.3 Å². The maximum absolute atomic E-state index is 12.4. The number of benzene rings is 1. The Hall–Kier alpha value is -2.14. The van der Waals surface area contributed by atoms with Gasteiger partial charge in [-0.25, -0.2) is 0 Å². The van der Waals surface area contributed by atoms with E-state index in [0.717, 1.165) is 24.8 Å². The third kappa shape index (κ3) is 5.43. The second kappa shape index (κ2) is 9.99. The van der Waals surface area contributed by atoms with Crippen LogP contribution in [0.25, 0.3) is 6.08 Å². The van der Waals surface area contributed by atoms with E-state index >= 15 is 0 Å². The Morgan fingerprint density at radius 2 is 2.08 bits per heavy atom. The molecule has 136 valence electrons. The predicted octanol–water partition coefficient (Wildman–Crippen LogP) is 3.05. The summed E-state index contributed by atoms with van der Waals surface area (Å²) in [7, 11) is 1.39. The number of esters is 2. The summed E-state index contributed by atoms with van der Waals surface area (Å²) in [5.74, 6) is -0.530. The zero-order valence-electron chi connectivity index (χ0n) is 15.0. The average Bonchev–Trinajstić information content (AvgIpc) is 3.11. The van der Waals surface area contributed by atoms with Crippen LogP contribution in [0.1, 0.15) is 38.2 Å². The fourth-order valence-corrected chi connectivity index (χ4v) is 3.25. The van der Waals surface area contributed by atoms with E-state index in [4.69, 9.17) is 9.47 Å². The Labute approximate surface area is 149 Å². The van der Waals surface area contributed by atoms with Gasteiger partial charge in [0.05, 0.1) is 13.7 Å². The minimum atomic E-state index is -0.410. The van der Waals surface area contributed by atoms with Crippen molar-refractivity contribution < 1.29 is 19.1 Å². The van der Waals surface area contributed by atoms with Crippen molar-refractivity contribution in [1.82, 2.24) is 4.90 Å². The van der Waals surface area contributed by atoms with Crippen LogP contribution in [-0.4, -0.2) is 49.2 Å². The summed E-state index contributed by atoms with van der Waals surface area (Å²) in [4.78, 5) is 26.3. The first-order valence-electron chi connectivity index (χ1n) is 8.89. The van der Waals surface area contributed by atoms with Crippen molar-refractivity contribution in [3.63, 3.8) is 0 Å². The molecule has 0 amide bonds. The van der Waals surface area contributed by atoms with Gasteiger partial charge in [-0.1, -0.05) is 42.5 Å². The number of rotatable bonds is 8. The largest absolute Gasteiger partial charge is 0.468 e. The maximum Gasteiger partial charge on any atom is 0.323 e. The monoisotopic (exact) mass is 345 g/mol. The summed E-state index contributed by atoms with van der Waals surface area (Å²) in [6, 6.07) is 9.28. The van der Waals surface area contributed by atoms with Crippen LogP contribution in [0.2, 0.25) is 0 Å². The lowest BCUT2D eigenvalue weighted by molar-refractivity contribution is -0.154. The summed E-state index contributed by atoms with van der Waals surface area (Å²) in [5.41, 5.74) is 1.13. The fourth-order valence-electron chi connectivity index (χ4n) is 3.25. The molecule has 0 radical (unpaired) electrons. The molecule has 5 heteroatoms. The number of nitrogens with zero attached hydrogens (tertiary/aromatic N) is 1. The number of carbonyl (C=O) groups is 2. The van der Waals surface area contributed by atoms with E-state index in [1.54, 1.807) is 6.92 Å². The van der Waals surface area contributed by atoms with Crippen LogP contribution in [0.15, 0.2) is 36.4 Å². The lowest BCUT2D eigenvalue weighted by atomic mass is 10.1. The van der Waals surface area contributed by atoms with E-state index in [1.165, 1.54) is 7.11 Å². The topological polar surface area (TPSA) is 55.8 Å². The van der Waals surface area contributed by atoms with E-state index in [-0.39, 0.29) is 18.0 Å². The Morgan fingerprint density at radius 1 is 1.32 bits per heavy atom. The first-order valence-corrected chi connectivity index (χ1v) is 8.89. The van der Waals surface area contributed by atoms with Crippen LogP contribution < -0.4 is 0 Å². The summed E-state index contributed by atoms with van der Waals surface area (Å²) in [6.45, 7) is 2.85. The van der Waals surface area contributed by atoms with Crippen LogP contribution in [0, 0.1) is 0 Å². The number of ether oxygens (including phenoxy) is 2. The fraction of sp³-hybridized carbons (Fsp3) is 0.500. The molecule has 5 nitrogen and oxygen atoms in total. The molecule has 1 aliphatic heterocycles. The molecule has 0 bridgehead atoms. The van der Waals surface area contributed by atoms with Gasteiger partial charge in [-0.15, -0.1) is 0 Å². The number of methoxy groups -OCH3 is 1. The highest BCUT2D eigenvalue weighted by atomic mass is 16.5. The van der Waals surface area contributed by atoms with Crippen molar-refractivity contribution in [2.24, 2.45) is 0 Å². The molecule has 2 rings (SSSR count). The number of carbonyl (C=O) groups excluding carboxylic acids is 2. The second-order valence-corrected chi connectivity index (χ2v) is 6.08. The van der Waals surface area contributed by atoms with Crippen molar-refractivity contribution >= 4 is 18.0 Å². The quantitative estimate of drug-likeness (QED) is 0.678. The molecule has 0 saturated carbocycles. The van der Waals surface area contributed by atoms with Gasteiger partial charge in [0, 0.05) is 0 Å². The summed E-state index contributed by atoms with van der Waals surface area (Å²) < 4.78 is 10.1. The summed E-state index contributed by atoms with van der Waals surface area (Å²) in [5, 5.41) is 0. The molecule has 1 heterocycles. The molecule has 1 fully saturated rings. The van der Waals surface area contributed by atoms with Crippen LogP contribution in [0.4, 0.5) is 0 Å². The second-order valence-electron chi connectivity index (χ2n) is 6.08. The maximum atomic E-state index is 12.4. The lowest BCUT2D eigenvalue weighted by Gasteiger charge is -2.29. The average molecular weight is 345 g/mol. The lowest BCUT2D eigenvalue weighted by Crippen LogP contribution is -2.48. The minimum absolute atomic E-state index is 0.258. The van der Waals surface area contributed by atoms with Gasteiger partial charge in [0.15, 0.2) is 0 Å². The van der Waals surface area contributed by atoms with Crippen molar-refractivity contribution in [3.05, 3.63) is 42.0 Å². The highest BCUT2D eigenvalue weighted by Crippen LogP contribution is 2.24. The van der Waals surface area contributed by atoms with Gasteiger partial charge in [-0.05, 0) is 44.7 Å². The van der Waals surface area contributed by atoms with E-state index in [1.807, 2.05) is 41.3 Å². The molecular formula is C20H27NO4. The molecule has 1 aromatic carbocycles. The van der Waals surface area contributed by atoms with Gasteiger partial charge in [0.25, 0.3) is 0 Å². The number of likely N-dealkylation sites (tertiary alicyclic amines) is 1. The molecule has 0 spiro atoms. The number of hydrogen-bond donors (Lipinski definition) is 0. The van der Waals surface area contributed by atoms with E-state index < -0.39 is 6.04 Å². The molecule has 0 aromatic heterocycles. The van der Waals surface area contributed by atoms with Crippen molar-refractivity contribution in [1.29, 1.82) is 0 Å². The Kier molecular flexibility index (Phi) is 7.67. The normalized spacial score (nSPS) is 19.0. The molecule has 2 atom stereocenters. The SMILES string of the molecule is CCOC(=O)[C@@H](CC/C=C/c1ccccc1)N1CCC[C@@H]1C(=O)OC. The summed E-state index contributed by atoms with van der Waals surface area (Å²) in [6.07, 6.45) is 7.07. The first kappa shape index (κ1) is 19.2. The van der Waals surface area contributed by atoms with Crippen LogP contribution >= 0.6 is 0 Å². The molecule has 1 aliphatic rings. The summed E-state index contributed by atoms with van der Waals surface area (Å²) >= 11 is 0. The van der Waals surface area contributed by atoms with Gasteiger partial charge in [-0.2, -0.15) is 0 Å². The Morgan fingerprint density at radius 3 is 2.76 bits per heavy atom. The Bertz CT molecular complexity index is 585. The number of allylic oxidation sites excluding steroid dienone is 1. The molecule has 1 aromatic rings. The van der Waals surface area contributed by atoms with Crippen LogP contribution in [0.5, 0.6) is 0 Å². The Balaban J connectivity index is 2.01. The van der Waals surface area contributed by atoms with Gasteiger partial charge >= 0.3 is 11.9 Å². The third-order valence-corrected chi connectivity index (χ3v) is 4.44. The van der Waals surface area contributed by atoms with Gasteiger partial charge in [0.1, 0.15) is 12.1 Å². The molecule has 0 unspecified atom stereocenters. The van der Waals surface area contributed by atoms with Gasteiger partial charge in [-0.3, -0.25) is 14.5 Å². The van der Waals surface area contributed by atoms with Crippen molar-refractivity contribution in [3.8, 4) is 0 Å². The zero-order valence-corrected chi connectivity index (χ0v) is 15.0. The highest BCUT2D eigenvalue weighted by molar-refractivity contribution is 5.80. The molecular weight excluding hydrogens is 318 g/mol.